The van der Waals surface area contributed by atoms with Gasteiger partial charge in [0, 0.05) is 10.6 Å². The van der Waals surface area contributed by atoms with Gasteiger partial charge in [-0.05, 0) is 37.3 Å². The van der Waals surface area contributed by atoms with Crippen LogP contribution in [-0.2, 0) is 10.0 Å². The SMILES string of the molecule is Cc1ccc(S(=O)(=O)Nc2ccc(O)c(C(=O)O)c2)s1. The fourth-order valence-electron chi connectivity index (χ4n) is 1.53. The molecular formula is C12H11NO5S2. The van der Waals surface area contributed by atoms with Crippen molar-refractivity contribution >= 4 is 33.0 Å². The number of rotatable bonds is 4. The Bertz CT molecular complexity index is 764. The maximum atomic E-state index is 12.1. The van der Waals surface area contributed by atoms with E-state index in [0.29, 0.717) is 0 Å². The van der Waals surface area contributed by atoms with Gasteiger partial charge in [-0.1, -0.05) is 0 Å². The van der Waals surface area contributed by atoms with Crippen LogP contribution in [0.2, 0.25) is 0 Å². The van der Waals surface area contributed by atoms with Crippen molar-refractivity contribution < 1.29 is 23.4 Å². The van der Waals surface area contributed by atoms with E-state index in [0.717, 1.165) is 28.3 Å². The Morgan fingerprint density at radius 2 is 1.95 bits per heavy atom. The van der Waals surface area contributed by atoms with Gasteiger partial charge in [0.2, 0.25) is 0 Å². The summed E-state index contributed by atoms with van der Waals surface area (Å²) in [6.07, 6.45) is 0. The molecule has 0 spiro atoms. The quantitative estimate of drug-likeness (QED) is 0.751. The van der Waals surface area contributed by atoms with Crippen molar-refractivity contribution in [3.8, 4) is 5.75 Å². The summed E-state index contributed by atoms with van der Waals surface area (Å²) in [4.78, 5) is 11.7. The van der Waals surface area contributed by atoms with Gasteiger partial charge in [-0.3, -0.25) is 4.72 Å². The Hall–Kier alpha value is -2.06. The fourth-order valence-corrected chi connectivity index (χ4v) is 3.87. The van der Waals surface area contributed by atoms with Gasteiger partial charge in [0.15, 0.2) is 0 Å². The summed E-state index contributed by atoms with van der Waals surface area (Å²) in [5, 5.41) is 18.2. The lowest BCUT2D eigenvalue weighted by molar-refractivity contribution is 0.0694. The van der Waals surface area contributed by atoms with Crippen molar-refractivity contribution in [1.29, 1.82) is 0 Å². The molecule has 8 heteroatoms. The number of phenols is 1. The Morgan fingerprint density at radius 3 is 2.50 bits per heavy atom. The number of nitrogens with one attached hydrogen (secondary N) is 1. The number of aromatic carboxylic acids is 1. The Kier molecular flexibility index (Phi) is 3.69. The van der Waals surface area contributed by atoms with E-state index in [-0.39, 0.29) is 15.5 Å². The monoisotopic (exact) mass is 313 g/mol. The Balaban J connectivity index is 2.35. The Labute approximate surface area is 119 Å². The maximum Gasteiger partial charge on any atom is 0.339 e. The zero-order chi connectivity index (χ0) is 14.9. The number of aromatic hydroxyl groups is 1. The van der Waals surface area contributed by atoms with E-state index >= 15 is 0 Å². The number of thiophene rings is 1. The highest BCUT2D eigenvalue weighted by Crippen LogP contribution is 2.26. The first-order valence-electron chi connectivity index (χ1n) is 5.45. The largest absolute Gasteiger partial charge is 0.507 e. The van der Waals surface area contributed by atoms with Gasteiger partial charge in [-0.2, -0.15) is 0 Å². The van der Waals surface area contributed by atoms with Crippen molar-refractivity contribution in [2.75, 3.05) is 4.72 Å². The van der Waals surface area contributed by atoms with Crippen LogP contribution < -0.4 is 4.72 Å². The third-order valence-corrected chi connectivity index (χ3v) is 5.33. The molecule has 0 unspecified atom stereocenters. The fraction of sp³-hybridized carbons (Fsp3) is 0.0833. The number of sulfonamides is 1. The van der Waals surface area contributed by atoms with Crippen LogP contribution >= 0.6 is 11.3 Å². The minimum atomic E-state index is -3.75. The molecule has 0 amide bonds. The molecule has 0 aliphatic carbocycles. The summed E-state index contributed by atoms with van der Waals surface area (Å²) in [6.45, 7) is 1.78. The number of aryl methyl sites for hydroxylation is 1. The first-order chi connectivity index (χ1) is 9.29. The van der Waals surface area contributed by atoms with Crippen LogP contribution in [0.15, 0.2) is 34.5 Å². The summed E-state index contributed by atoms with van der Waals surface area (Å²) in [7, 11) is -3.75. The molecule has 0 atom stereocenters. The molecule has 106 valence electrons. The minimum Gasteiger partial charge on any atom is -0.507 e. The molecule has 1 heterocycles. The predicted octanol–water partition coefficient (Wildman–Crippen LogP) is 2.26. The summed E-state index contributed by atoms with van der Waals surface area (Å²) in [5.41, 5.74) is -0.293. The zero-order valence-electron chi connectivity index (χ0n) is 10.3. The average molecular weight is 313 g/mol. The van der Waals surface area contributed by atoms with Crippen LogP contribution in [-0.4, -0.2) is 24.6 Å². The van der Waals surface area contributed by atoms with Crippen LogP contribution in [0.3, 0.4) is 0 Å². The average Bonchev–Trinajstić information content (AvgIpc) is 2.78. The molecule has 0 radical (unpaired) electrons. The molecular weight excluding hydrogens is 302 g/mol. The van der Waals surface area contributed by atoms with Crippen molar-refractivity contribution in [1.82, 2.24) is 0 Å². The van der Waals surface area contributed by atoms with Gasteiger partial charge >= 0.3 is 5.97 Å². The molecule has 2 rings (SSSR count). The first kappa shape index (κ1) is 14.4. The summed E-state index contributed by atoms with van der Waals surface area (Å²) in [6, 6.07) is 6.63. The minimum absolute atomic E-state index is 0.0752. The van der Waals surface area contributed by atoms with E-state index in [1.54, 1.807) is 13.0 Å². The highest BCUT2D eigenvalue weighted by Gasteiger charge is 2.18. The van der Waals surface area contributed by atoms with Crippen LogP contribution in [0.5, 0.6) is 5.75 Å². The lowest BCUT2D eigenvalue weighted by Crippen LogP contribution is -2.12. The zero-order valence-corrected chi connectivity index (χ0v) is 12.0. The third kappa shape index (κ3) is 2.91. The van der Waals surface area contributed by atoms with Gasteiger partial charge in [-0.25, -0.2) is 13.2 Å². The molecule has 0 saturated heterocycles. The van der Waals surface area contributed by atoms with Crippen molar-refractivity contribution in [3.05, 3.63) is 40.8 Å². The number of carbonyl (C=O) groups is 1. The van der Waals surface area contributed by atoms with Gasteiger partial charge < -0.3 is 10.2 Å². The smallest absolute Gasteiger partial charge is 0.339 e. The number of hydrogen-bond donors (Lipinski definition) is 3. The second-order valence-corrected chi connectivity index (χ2v) is 7.20. The molecule has 20 heavy (non-hydrogen) atoms. The number of carboxylic acid groups (broad SMARTS) is 1. The topological polar surface area (TPSA) is 104 Å². The Morgan fingerprint density at radius 1 is 1.25 bits per heavy atom. The molecule has 2 aromatic rings. The molecule has 1 aromatic carbocycles. The molecule has 3 N–H and O–H groups in total. The van der Waals surface area contributed by atoms with Crippen molar-refractivity contribution in [3.63, 3.8) is 0 Å². The molecule has 0 saturated carbocycles. The van der Waals surface area contributed by atoms with E-state index in [2.05, 4.69) is 4.72 Å². The molecule has 6 nitrogen and oxygen atoms in total. The van der Waals surface area contributed by atoms with Crippen LogP contribution in [0.1, 0.15) is 15.2 Å². The van der Waals surface area contributed by atoms with E-state index < -0.39 is 21.7 Å². The van der Waals surface area contributed by atoms with E-state index in [1.165, 1.54) is 12.1 Å². The highest BCUT2D eigenvalue weighted by atomic mass is 32.2. The third-order valence-electron chi connectivity index (χ3n) is 2.46. The van der Waals surface area contributed by atoms with Gasteiger partial charge in [0.1, 0.15) is 15.5 Å². The van der Waals surface area contributed by atoms with Gasteiger partial charge in [0.25, 0.3) is 10.0 Å². The van der Waals surface area contributed by atoms with Crippen LogP contribution in [0, 0.1) is 6.92 Å². The summed E-state index contributed by atoms with van der Waals surface area (Å²) < 4.78 is 26.6. The normalized spacial score (nSPS) is 11.2. The van der Waals surface area contributed by atoms with E-state index in [1.807, 2.05) is 0 Å². The van der Waals surface area contributed by atoms with Crippen LogP contribution in [0.25, 0.3) is 0 Å². The highest BCUT2D eigenvalue weighted by molar-refractivity contribution is 7.94. The second-order valence-electron chi connectivity index (χ2n) is 4.01. The standard InChI is InChI=1S/C12H11NO5S2/c1-7-2-5-11(19-7)20(17,18)13-8-3-4-10(14)9(6-8)12(15)16/h2-6,13-14H,1H3,(H,15,16). The molecule has 0 bridgehead atoms. The molecule has 1 aromatic heterocycles. The number of benzene rings is 1. The number of carboxylic acids is 1. The lowest BCUT2D eigenvalue weighted by Gasteiger charge is -2.08. The van der Waals surface area contributed by atoms with Crippen molar-refractivity contribution in [2.45, 2.75) is 11.1 Å². The van der Waals surface area contributed by atoms with E-state index in [9.17, 15) is 18.3 Å². The molecule has 0 aliphatic rings. The van der Waals surface area contributed by atoms with E-state index in [4.69, 9.17) is 5.11 Å². The lowest BCUT2D eigenvalue weighted by atomic mass is 10.2. The van der Waals surface area contributed by atoms with Gasteiger partial charge in [-0.15, -0.1) is 11.3 Å². The number of anilines is 1. The molecule has 0 fully saturated rings. The molecule has 0 aliphatic heterocycles. The van der Waals surface area contributed by atoms with Crippen molar-refractivity contribution in [2.24, 2.45) is 0 Å². The van der Waals surface area contributed by atoms with Crippen LogP contribution in [0.4, 0.5) is 5.69 Å². The first-order valence-corrected chi connectivity index (χ1v) is 7.75. The van der Waals surface area contributed by atoms with Gasteiger partial charge in [0.05, 0.1) is 0 Å². The predicted molar refractivity (Wildman–Crippen MR) is 74.9 cm³/mol. The summed E-state index contributed by atoms with van der Waals surface area (Å²) in [5.74, 6) is -1.76. The summed E-state index contributed by atoms with van der Waals surface area (Å²) >= 11 is 1.11. The maximum absolute atomic E-state index is 12.1. The second kappa shape index (κ2) is 5.14. The number of hydrogen-bond acceptors (Lipinski definition) is 5.